The zero-order valence-electron chi connectivity index (χ0n) is 12.5. The molecular formula is C15H20ClN3O3. The van der Waals surface area contributed by atoms with Crippen LogP contribution in [-0.2, 0) is 9.59 Å². The lowest BCUT2D eigenvalue weighted by molar-refractivity contribution is -0.141. The van der Waals surface area contributed by atoms with Gasteiger partial charge in [0, 0.05) is 31.7 Å². The number of halogens is 1. The molecule has 7 heteroatoms. The Kier molecular flexibility index (Phi) is 5.60. The average molecular weight is 326 g/mol. The van der Waals surface area contributed by atoms with E-state index in [4.69, 9.17) is 16.7 Å². The van der Waals surface area contributed by atoms with Gasteiger partial charge in [0.1, 0.15) is 5.82 Å². The molecule has 0 unspecified atom stereocenters. The molecule has 1 atom stereocenters. The number of piperidine rings is 1. The molecule has 2 rings (SSSR count). The van der Waals surface area contributed by atoms with Crippen LogP contribution in [0.25, 0.3) is 0 Å². The number of pyridine rings is 1. The van der Waals surface area contributed by atoms with Crippen molar-refractivity contribution < 1.29 is 14.7 Å². The molecule has 0 spiro atoms. The largest absolute Gasteiger partial charge is 0.481 e. The van der Waals surface area contributed by atoms with Crippen LogP contribution in [0.15, 0.2) is 18.3 Å². The predicted molar refractivity (Wildman–Crippen MR) is 84.0 cm³/mol. The third-order valence-electron chi connectivity index (χ3n) is 3.91. The van der Waals surface area contributed by atoms with Crippen LogP contribution < -0.4 is 10.2 Å². The fourth-order valence-electron chi connectivity index (χ4n) is 2.41. The number of carboxylic acid groups (broad SMARTS) is 1. The summed E-state index contributed by atoms with van der Waals surface area (Å²) in [4.78, 5) is 29.2. The summed E-state index contributed by atoms with van der Waals surface area (Å²) in [6.45, 7) is 3.26. The van der Waals surface area contributed by atoms with Crippen LogP contribution in [-0.4, -0.2) is 41.6 Å². The molecule has 1 fully saturated rings. The zero-order chi connectivity index (χ0) is 16.1. The monoisotopic (exact) mass is 325 g/mol. The number of aromatic nitrogens is 1. The summed E-state index contributed by atoms with van der Waals surface area (Å²) in [5.41, 5.74) is 0. The maximum absolute atomic E-state index is 12.1. The normalized spacial score (nSPS) is 17.1. The molecule has 120 valence electrons. The Morgan fingerprint density at radius 3 is 2.68 bits per heavy atom. The van der Waals surface area contributed by atoms with E-state index in [2.05, 4.69) is 15.2 Å². The van der Waals surface area contributed by atoms with Gasteiger partial charge in [0.2, 0.25) is 5.91 Å². The van der Waals surface area contributed by atoms with Crippen LogP contribution in [0.3, 0.4) is 0 Å². The van der Waals surface area contributed by atoms with E-state index in [1.807, 2.05) is 6.07 Å². The highest BCUT2D eigenvalue weighted by molar-refractivity contribution is 6.30. The highest BCUT2D eigenvalue weighted by Crippen LogP contribution is 2.22. The SMILES string of the molecule is C[C@@H](CNC(=O)C1CCN(c2ccc(Cl)cn2)CC1)C(=O)O. The maximum Gasteiger partial charge on any atom is 0.308 e. The minimum Gasteiger partial charge on any atom is -0.481 e. The number of rotatable bonds is 5. The topological polar surface area (TPSA) is 82.5 Å². The molecule has 1 aromatic rings. The summed E-state index contributed by atoms with van der Waals surface area (Å²) in [6, 6.07) is 3.67. The van der Waals surface area contributed by atoms with Gasteiger partial charge >= 0.3 is 5.97 Å². The van der Waals surface area contributed by atoms with Gasteiger partial charge in [-0.15, -0.1) is 0 Å². The minimum absolute atomic E-state index is 0.0585. The van der Waals surface area contributed by atoms with Crippen molar-refractivity contribution in [1.82, 2.24) is 10.3 Å². The van der Waals surface area contributed by atoms with E-state index in [1.54, 1.807) is 19.2 Å². The van der Waals surface area contributed by atoms with Crippen LogP contribution >= 0.6 is 11.6 Å². The summed E-state index contributed by atoms with van der Waals surface area (Å²) in [6.07, 6.45) is 3.08. The molecule has 0 bridgehead atoms. The Labute approximate surface area is 134 Å². The fraction of sp³-hybridized carbons (Fsp3) is 0.533. The molecule has 1 aliphatic heterocycles. The molecule has 22 heavy (non-hydrogen) atoms. The third-order valence-corrected chi connectivity index (χ3v) is 4.13. The van der Waals surface area contributed by atoms with Gasteiger partial charge in [-0.3, -0.25) is 9.59 Å². The number of hydrogen-bond acceptors (Lipinski definition) is 4. The van der Waals surface area contributed by atoms with Crippen LogP contribution in [0.1, 0.15) is 19.8 Å². The van der Waals surface area contributed by atoms with E-state index in [1.165, 1.54) is 0 Å². The van der Waals surface area contributed by atoms with E-state index >= 15 is 0 Å². The second-order valence-electron chi connectivity index (χ2n) is 5.58. The highest BCUT2D eigenvalue weighted by atomic mass is 35.5. The van der Waals surface area contributed by atoms with Crippen LogP contribution in [0.2, 0.25) is 5.02 Å². The standard InChI is InChI=1S/C15H20ClN3O3/c1-10(15(21)22)8-18-14(20)11-4-6-19(7-5-11)13-3-2-12(16)9-17-13/h2-3,9-11H,4-8H2,1H3,(H,18,20)(H,21,22)/t10-/m0/s1. The minimum atomic E-state index is -0.899. The van der Waals surface area contributed by atoms with E-state index in [0.29, 0.717) is 5.02 Å². The van der Waals surface area contributed by atoms with Crippen molar-refractivity contribution in [2.24, 2.45) is 11.8 Å². The van der Waals surface area contributed by atoms with Crippen LogP contribution in [0, 0.1) is 11.8 Å². The van der Waals surface area contributed by atoms with Gasteiger partial charge in [-0.05, 0) is 25.0 Å². The lowest BCUT2D eigenvalue weighted by Gasteiger charge is -2.32. The maximum atomic E-state index is 12.1. The summed E-state index contributed by atoms with van der Waals surface area (Å²) < 4.78 is 0. The van der Waals surface area contributed by atoms with Crippen molar-refractivity contribution in [3.63, 3.8) is 0 Å². The van der Waals surface area contributed by atoms with E-state index in [9.17, 15) is 9.59 Å². The fourth-order valence-corrected chi connectivity index (χ4v) is 2.52. The molecule has 2 heterocycles. The average Bonchev–Trinajstić information content (AvgIpc) is 2.53. The van der Waals surface area contributed by atoms with Gasteiger partial charge in [0.05, 0.1) is 10.9 Å². The quantitative estimate of drug-likeness (QED) is 0.862. The number of nitrogens with zero attached hydrogens (tertiary/aromatic N) is 2. The Morgan fingerprint density at radius 1 is 1.45 bits per heavy atom. The van der Waals surface area contributed by atoms with Gasteiger partial charge in [-0.2, -0.15) is 0 Å². The number of carbonyl (C=O) groups is 2. The van der Waals surface area contributed by atoms with Gasteiger partial charge in [-0.25, -0.2) is 4.98 Å². The van der Waals surface area contributed by atoms with Crippen molar-refractivity contribution in [1.29, 1.82) is 0 Å². The van der Waals surface area contributed by atoms with Gasteiger partial charge < -0.3 is 15.3 Å². The second-order valence-corrected chi connectivity index (χ2v) is 6.02. The first-order valence-electron chi connectivity index (χ1n) is 7.34. The molecule has 1 amide bonds. The van der Waals surface area contributed by atoms with Crippen LogP contribution in [0.4, 0.5) is 5.82 Å². The first-order chi connectivity index (χ1) is 10.5. The number of amides is 1. The Balaban J connectivity index is 1.80. The lowest BCUT2D eigenvalue weighted by Crippen LogP contribution is -2.42. The number of anilines is 1. The lowest BCUT2D eigenvalue weighted by atomic mass is 9.95. The zero-order valence-corrected chi connectivity index (χ0v) is 13.2. The van der Waals surface area contributed by atoms with Gasteiger partial charge in [-0.1, -0.05) is 18.5 Å². The van der Waals surface area contributed by atoms with Crippen molar-refractivity contribution in [3.8, 4) is 0 Å². The summed E-state index contributed by atoms with van der Waals surface area (Å²) in [5, 5.41) is 12.1. The molecular weight excluding hydrogens is 306 g/mol. The van der Waals surface area contributed by atoms with E-state index in [-0.39, 0.29) is 18.4 Å². The second kappa shape index (κ2) is 7.45. The molecule has 0 aliphatic carbocycles. The number of carboxylic acids is 1. The molecule has 0 radical (unpaired) electrons. The predicted octanol–water partition coefficient (Wildman–Crippen LogP) is 1.79. The third kappa shape index (κ3) is 4.34. The number of aliphatic carboxylic acids is 1. The first kappa shape index (κ1) is 16.5. The van der Waals surface area contributed by atoms with Crippen molar-refractivity contribution in [2.45, 2.75) is 19.8 Å². The molecule has 1 saturated heterocycles. The molecule has 0 aromatic carbocycles. The number of carbonyl (C=O) groups excluding carboxylic acids is 1. The molecule has 6 nitrogen and oxygen atoms in total. The van der Waals surface area contributed by atoms with Gasteiger partial charge in [0.15, 0.2) is 0 Å². The van der Waals surface area contributed by atoms with Gasteiger partial charge in [0.25, 0.3) is 0 Å². The Hall–Kier alpha value is -1.82. The smallest absolute Gasteiger partial charge is 0.308 e. The molecule has 1 aromatic heterocycles. The Morgan fingerprint density at radius 2 is 2.14 bits per heavy atom. The van der Waals surface area contributed by atoms with E-state index < -0.39 is 11.9 Å². The van der Waals surface area contributed by atoms with Crippen molar-refractivity contribution in [3.05, 3.63) is 23.4 Å². The summed E-state index contributed by atoms with van der Waals surface area (Å²) >= 11 is 5.82. The molecule has 1 aliphatic rings. The number of hydrogen-bond donors (Lipinski definition) is 2. The van der Waals surface area contributed by atoms with E-state index in [0.717, 1.165) is 31.7 Å². The number of nitrogens with one attached hydrogen (secondary N) is 1. The first-order valence-corrected chi connectivity index (χ1v) is 7.72. The summed E-state index contributed by atoms with van der Waals surface area (Å²) in [7, 11) is 0. The van der Waals surface area contributed by atoms with Crippen molar-refractivity contribution in [2.75, 3.05) is 24.5 Å². The highest BCUT2D eigenvalue weighted by Gasteiger charge is 2.26. The van der Waals surface area contributed by atoms with Crippen LogP contribution in [0.5, 0.6) is 0 Å². The van der Waals surface area contributed by atoms with Crippen molar-refractivity contribution >= 4 is 29.3 Å². The Bertz CT molecular complexity index is 527. The molecule has 0 saturated carbocycles. The summed E-state index contributed by atoms with van der Waals surface area (Å²) in [5.74, 6) is -0.727. The molecule has 2 N–H and O–H groups in total.